The van der Waals surface area contributed by atoms with Gasteiger partial charge in [0, 0.05) is 32.5 Å². The van der Waals surface area contributed by atoms with Gasteiger partial charge in [-0.15, -0.1) is 18.3 Å². The van der Waals surface area contributed by atoms with Gasteiger partial charge < -0.3 is 19.3 Å². The molecule has 2 aromatic heterocycles. The number of nitrogens with one attached hydrogen (secondary N) is 1. The predicted molar refractivity (Wildman–Crippen MR) is 113 cm³/mol. The Hall–Kier alpha value is -4.24. The summed E-state index contributed by atoms with van der Waals surface area (Å²) in [7, 11) is 0. The molecule has 12 nitrogen and oxygen atoms in total. The lowest BCUT2D eigenvalue weighted by Crippen LogP contribution is -2.37. The van der Waals surface area contributed by atoms with Crippen LogP contribution in [0.25, 0.3) is 0 Å². The number of hydrogen-bond acceptors (Lipinski definition) is 8. The van der Waals surface area contributed by atoms with Crippen LogP contribution in [0, 0.1) is 5.82 Å². The summed E-state index contributed by atoms with van der Waals surface area (Å²) >= 11 is 0. The molecule has 0 radical (unpaired) electrons. The molecule has 1 aromatic carbocycles. The third-order valence-corrected chi connectivity index (χ3v) is 5.92. The molecule has 0 saturated heterocycles. The van der Waals surface area contributed by atoms with Gasteiger partial charge in [0.2, 0.25) is 5.82 Å². The van der Waals surface area contributed by atoms with Crippen LogP contribution in [-0.2, 0) is 37.3 Å². The second-order valence-corrected chi connectivity index (χ2v) is 8.37. The third-order valence-electron chi connectivity index (χ3n) is 5.92. The fraction of sp³-hybridized carbons (Fsp3) is 0.429. The molecule has 37 heavy (non-hydrogen) atoms. The summed E-state index contributed by atoms with van der Waals surface area (Å²) in [5.74, 6) is -1.91. The lowest BCUT2D eigenvalue weighted by molar-refractivity contribution is -0.275. The molecule has 2 aliphatic rings. The van der Waals surface area contributed by atoms with Gasteiger partial charge in [0.25, 0.3) is 5.91 Å². The van der Waals surface area contributed by atoms with Crippen LogP contribution in [0.1, 0.15) is 33.4 Å². The van der Waals surface area contributed by atoms with Gasteiger partial charge in [-0.25, -0.2) is 18.9 Å². The average Bonchev–Trinajstić information content (AvgIpc) is 3.44. The van der Waals surface area contributed by atoms with Crippen LogP contribution in [0.2, 0.25) is 0 Å². The molecule has 196 valence electrons. The van der Waals surface area contributed by atoms with Crippen molar-refractivity contribution in [2.75, 3.05) is 19.6 Å². The van der Waals surface area contributed by atoms with E-state index < -0.39 is 24.0 Å². The van der Waals surface area contributed by atoms with Gasteiger partial charge in [0.15, 0.2) is 11.6 Å². The number of benzene rings is 1. The minimum atomic E-state index is -5.02. The Labute approximate surface area is 206 Å². The van der Waals surface area contributed by atoms with Crippen molar-refractivity contribution in [1.82, 2.24) is 40.0 Å². The number of rotatable bonds is 4. The number of carbonyl (C=O) groups excluding carboxylic acids is 2. The highest BCUT2D eigenvalue weighted by atomic mass is 19.4. The van der Waals surface area contributed by atoms with E-state index in [2.05, 4.69) is 30.2 Å². The molecular formula is C21H20F4N8O4. The van der Waals surface area contributed by atoms with Crippen molar-refractivity contribution in [3.8, 4) is 5.75 Å². The number of halogens is 4. The molecular weight excluding hydrogens is 504 g/mol. The minimum Gasteiger partial charge on any atom is -0.445 e. The fourth-order valence-electron chi connectivity index (χ4n) is 4.07. The second-order valence-electron chi connectivity index (χ2n) is 8.37. The first-order valence-electron chi connectivity index (χ1n) is 11.2. The van der Waals surface area contributed by atoms with Crippen LogP contribution < -0.4 is 4.74 Å². The smallest absolute Gasteiger partial charge is 0.445 e. The summed E-state index contributed by atoms with van der Waals surface area (Å²) in [5.41, 5.74) is 1.70. The fourth-order valence-corrected chi connectivity index (χ4v) is 4.07. The molecule has 0 saturated carbocycles. The third kappa shape index (κ3) is 5.46. The van der Waals surface area contributed by atoms with E-state index in [-0.39, 0.29) is 43.5 Å². The van der Waals surface area contributed by atoms with Crippen LogP contribution in [-0.4, -0.2) is 78.0 Å². The number of carbonyl (C=O) groups is 2. The monoisotopic (exact) mass is 524 g/mol. The van der Waals surface area contributed by atoms with E-state index in [0.29, 0.717) is 37.4 Å². The van der Waals surface area contributed by atoms with Gasteiger partial charge in [-0.2, -0.15) is 15.4 Å². The van der Waals surface area contributed by atoms with Crippen molar-refractivity contribution in [3.05, 3.63) is 52.6 Å². The van der Waals surface area contributed by atoms with E-state index in [1.165, 1.54) is 11.0 Å². The van der Waals surface area contributed by atoms with Crippen LogP contribution in [0.3, 0.4) is 0 Å². The molecule has 16 heteroatoms. The molecule has 0 atom stereocenters. The number of hydrogen-bond donors (Lipinski definition) is 1. The quantitative estimate of drug-likeness (QED) is 0.512. The van der Waals surface area contributed by atoms with E-state index in [0.717, 1.165) is 17.8 Å². The Bertz CT molecular complexity index is 1300. The Kier molecular flexibility index (Phi) is 6.39. The maximum atomic E-state index is 13.9. The molecule has 0 bridgehead atoms. The summed E-state index contributed by atoms with van der Waals surface area (Å²) in [5, 5.41) is 15.0. The number of amides is 2. The summed E-state index contributed by atoms with van der Waals surface area (Å²) in [6, 6.07) is 2.79. The first-order valence-corrected chi connectivity index (χ1v) is 11.2. The maximum absolute atomic E-state index is 13.9. The van der Waals surface area contributed by atoms with Gasteiger partial charge >= 0.3 is 12.5 Å². The number of fused-ring (bicyclic) bond motifs is 2. The zero-order valence-electron chi connectivity index (χ0n) is 19.2. The number of nitrogens with zero attached hydrogens (tertiary/aromatic N) is 7. The molecule has 3 aromatic rings. The maximum Gasteiger partial charge on any atom is 0.573 e. The summed E-state index contributed by atoms with van der Waals surface area (Å²) in [4.78, 5) is 32.8. The molecule has 4 heterocycles. The topological polar surface area (TPSA) is 131 Å². The Balaban J connectivity index is 1.14. The van der Waals surface area contributed by atoms with E-state index in [4.69, 9.17) is 4.74 Å². The summed E-state index contributed by atoms with van der Waals surface area (Å²) < 4.78 is 61.0. The Morgan fingerprint density at radius 3 is 2.59 bits per heavy atom. The van der Waals surface area contributed by atoms with Gasteiger partial charge in [0.05, 0.1) is 18.8 Å². The SMILES string of the molecule is O=C(OCc1ccc(OC(F)(F)F)c(F)c1)N1CCc2nc(C(=O)N3CCc4n[nH]nc4C3)nn2CC1. The Morgan fingerprint density at radius 1 is 1.03 bits per heavy atom. The molecule has 2 aliphatic heterocycles. The van der Waals surface area contributed by atoms with Gasteiger partial charge in [-0.3, -0.25) is 4.79 Å². The zero-order chi connectivity index (χ0) is 26.2. The summed E-state index contributed by atoms with van der Waals surface area (Å²) in [6.45, 7) is 1.19. The van der Waals surface area contributed by atoms with Crippen molar-refractivity contribution in [2.45, 2.75) is 38.9 Å². The van der Waals surface area contributed by atoms with Crippen LogP contribution >= 0.6 is 0 Å². The zero-order valence-corrected chi connectivity index (χ0v) is 19.2. The minimum absolute atomic E-state index is 0.0675. The van der Waals surface area contributed by atoms with Crippen LogP contribution in [0.15, 0.2) is 18.2 Å². The number of H-pyrrole nitrogens is 1. The average molecular weight is 524 g/mol. The number of aromatic amines is 1. The lowest BCUT2D eigenvalue weighted by Gasteiger charge is -2.24. The normalized spacial score (nSPS) is 15.6. The molecule has 1 N–H and O–H groups in total. The number of ether oxygens (including phenoxy) is 2. The lowest BCUT2D eigenvalue weighted by atomic mass is 10.1. The first kappa shape index (κ1) is 24.5. The number of alkyl halides is 3. The van der Waals surface area contributed by atoms with Gasteiger partial charge in [-0.05, 0) is 17.7 Å². The van der Waals surface area contributed by atoms with E-state index in [9.17, 15) is 27.2 Å². The molecule has 0 spiro atoms. The van der Waals surface area contributed by atoms with E-state index in [1.807, 2.05) is 0 Å². The standard InChI is InChI=1S/C21H20F4N8O4/c22-13-9-12(1-2-16(13)37-21(23,24)25)11-36-20(35)31-6-4-17-26-18(29-33(17)8-7-31)19(34)32-5-3-14-15(10-32)28-30-27-14/h1-2,9H,3-8,10-11H2,(H,27,28,30). The Morgan fingerprint density at radius 2 is 1.81 bits per heavy atom. The first-order chi connectivity index (χ1) is 17.7. The predicted octanol–water partition coefficient (Wildman–Crippen LogP) is 1.83. The van der Waals surface area contributed by atoms with Crippen molar-refractivity contribution in [2.24, 2.45) is 0 Å². The van der Waals surface area contributed by atoms with Crippen LogP contribution in [0.4, 0.5) is 22.4 Å². The highest BCUT2D eigenvalue weighted by molar-refractivity contribution is 5.90. The second kappa shape index (κ2) is 9.67. The van der Waals surface area contributed by atoms with Crippen molar-refractivity contribution >= 4 is 12.0 Å². The molecule has 2 amide bonds. The van der Waals surface area contributed by atoms with E-state index >= 15 is 0 Å². The van der Waals surface area contributed by atoms with Gasteiger partial charge in [0.1, 0.15) is 18.1 Å². The summed E-state index contributed by atoms with van der Waals surface area (Å²) in [6.07, 6.45) is -4.80. The van der Waals surface area contributed by atoms with Crippen LogP contribution in [0.5, 0.6) is 5.75 Å². The van der Waals surface area contributed by atoms with Crippen molar-refractivity contribution in [1.29, 1.82) is 0 Å². The number of aromatic nitrogens is 6. The van der Waals surface area contributed by atoms with Crippen molar-refractivity contribution < 1.29 is 36.6 Å². The highest BCUT2D eigenvalue weighted by Gasteiger charge is 2.32. The van der Waals surface area contributed by atoms with Gasteiger partial charge in [-0.1, -0.05) is 6.07 Å². The molecule has 0 aliphatic carbocycles. The molecule has 0 unspecified atom stereocenters. The highest BCUT2D eigenvalue weighted by Crippen LogP contribution is 2.26. The molecule has 5 rings (SSSR count). The largest absolute Gasteiger partial charge is 0.573 e. The van der Waals surface area contributed by atoms with Crippen molar-refractivity contribution in [3.63, 3.8) is 0 Å². The molecule has 0 fully saturated rings. The van der Waals surface area contributed by atoms with E-state index in [1.54, 1.807) is 9.58 Å².